The van der Waals surface area contributed by atoms with Crippen molar-refractivity contribution in [2.45, 2.75) is 25.0 Å². The van der Waals surface area contributed by atoms with Crippen molar-refractivity contribution in [1.29, 1.82) is 0 Å². The highest BCUT2D eigenvalue weighted by Crippen LogP contribution is 2.33. The molecular weight excluding hydrogens is 395 g/mol. The molecule has 0 spiro atoms. The van der Waals surface area contributed by atoms with Crippen LogP contribution < -0.4 is 5.32 Å². The van der Waals surface area contributed by atoms with Crippen molar-refractivity contribution in [3.05, 3.63) is 56.9 Å². The fraction of sp³-hybridized carbons (Fsp3) is 0.333. The topological polar surface area (TPSA) is 62.8 Å². The number of fused-ring (bicyclic) bond motifs is 1. The number of aromatic amines is 1. The van der Waals surface area contributed by atoms with E-state index in [2.05, 4.69) is 20.3 Å². The Bertz CT molecular complexity index is 917. The van der Waals surface area contributed by atoms with Crippen LogP contribution in [-0.4, -0.2) is 28.0 Å². The monoisotopic (exact) mass is 410 g/mol. The lowest BCUT2D eigenvalue weighted by atomic mass is 9.93. The van der Waals surface area contributed by atoms with E-state index in [0.717, 1.165) is 36.3 Å². The fourth-order valence-corrected chi connectivity index (χ4v) is 3.99. The Morgan fingerprint density at radius 1 is 1.08 bits per heavy atom. The third-order valence-electron chi connectivity index (χ3n) is 4.53. The number of hydrogen-bond acceptors (Lipinski definition) is 4. The van der Waals surface area contributed by atoms with E-state index in [-0.39, 0.29) is 0 Å². The van der Waals surface area contributed by atoms with Gasteiger partial charge in [-0.15, -0.1) is 0 Å². The number of rotatable bonds is 4. The van der Waals surface area contributed by atoms with Gasteiger partial charge in [-0.3, -0.25) is 0 Å². The maximum absolute atomic E-state index is 6.38. The first-order valence-electron chi connectivity index (χ1n) is 8.36. The van der Waals surface area contributed by atoms with Gasteiger partial charge in [0.15, 0.2) is 5.65 Å². The van der Waals surface area contributed by atoms with Crippen LogP contribution in [0.4, 0.5) is 0 Å². The summed E-state index contributed by atoms with van der Waals surface area (Å²) >= 11 is 18.2. The van der Waals surface area contributed by atoms with E-state index in [1.165, 1.54) is 0 Å². The average molecular weight is 412 g/mol. The molecule has 136 valence electrons. The lowest BCUT2D eigenvalue weighted by Crippen LogP contribution is -2.46. The second-order valence-electron chi connectivity index (χ2n) is 6.43. The largest absolute Gasteiger partial charge is 0.361 e. The third kappa shape index (κ3) is 3.68. The van der Waals surface area contributed by atoms with Crippen LogP contribution >= 0.6 is 34.8 Å². The number of hydrogen-bond donors (Lipinski definition) is 2. The Hall–Kier alpha value is -1.37. The van der Waals surface area contributed by atoms with E-state index in [0.29, 0.717) is 34.0 Å². The molecule has 4 rings (SSSR count). The summed E-state index contributed by atoms with van der Waals surface area (Å²) in [5.41, 5.74) is 1.78. The van der Waals surface area contributed by atoms with Gasteiger partial charge in [0.25, 0.3) is 0 Å². The SMILES string of the molecule is Clc1cc(Cl)cc(CO[C@@]2(c3nc4nc(Cl)ccc4[nH]3)CCCNC2)c1. The predicted molar refractivity (Wildman–Crippen MR) is 104 cm³/mol. The van der Waals surface area contributed by atoms with E-state index < -0.39 is 5.60 Å². The number of aromatic nitrogens is 3. The number of H-pyrrole nitrogens is 1. The van der Waals surface area contributed by atoms with Crippen molar-refractivity contribution in [2.24, 2.45) is 0 Å². The first-order valence-corrected chi connectivity index (χ1v) is 9.50. The van der Waals surface area contributed by atoms with Crippen LogP contribution in [0.15, 0.2) is 30.3 Å². The number of benzene rings is 1. The molecule has 1 aliphatic rings. The molecule has 1 saturated heterocycles. The van der Waals surface area contributed by atoms with Crippen LogP contribution in [0, 0.1) is 0 Å². The van der Waals surface area contributed by atoms with Gasteiger partial charge < -0.3 is 15.0 Å². The lowest BCUT2D eigenvalue weighted by Gasteiger charge is -2.36. The first kappa shape index (κ1) is 18.0. The number of ether oxygens (including phenoxy) is 1. The highest BCUT2D eigenvalue weighted by atomic mass is 35.5. The second kappa shape index (κ2) is 7.33. The van der Waals surface area contributed by atoms with E-state index >= 15 is 0 Å². The van der Waals surface area contributed by atoms with Gasteiger partial charge in [-0.1, -0.05) is 34.8 Å². The van der Waals surface area contributed by atoms with Crippen LogP contribution in [-0.2, 0) is 16.9 Å². The van der Waals surface area contributed by atoms with Gasteiger partial charge in [0, 0.05) is 16.6 Å². The standard InChI is InChI=1S/C18H17Cl3N4O/c19-12-6-11(7-13(20)8-12)9-26-18(4-1-5-22-10-18)17-23-14-2-3-15(21)24-16(14)25-17/h2-3,6-8,22H,1,4-5,9-10H2,(H,23,24,25)/t18-/m0/s1. The normalized spacial score (nSPS) is 20.6. The summed E-state index contributed by atoms with van der Waals surface area (Å²) in [6.07, 6.45) is 1.84. The molecule has 0 aliphatic carbocycles. The first-order chi connectivity index (χ1) is 12.5. The molecule has 2 N–H and O–H groups in total. The number of imidazole rings is 1. The summed E-state index contributed by atoms with van der Waals surface area (Å²) in [5, 5.41) is 5.01. The molecule has 0 amide bonds. The van der Waals surface area contributed by atoms with Gasteiger partial charge in [0.2, 0.25) is 0 Å². The second-order valence-corrected chi connectivity index (χ2v) is 7.69. The van der Waals surface area contributed by atoms with Crippen LogP contribution in [0.3, 0.4) is 0 Å². The molecule has 3 aromatic rings. The Balaban J connectivity index is 1.66. The summed E-state index contributed by atoms with van der Waals surface area (Å²) in [6, 6.07) is 9.04. The van der Waals surface area contributed by atoms with Crippen molar-refractivity contribution in [2.75, 3.05) is 13.1 Å². The molecule has 1 fully saturated rings. The van der Waals surface area contributed by atoms with E-state index in [1.54, 1.807) is 12.1 Å². The number of pyridine rings is 1. The zero-order valence-corrected chi connectivity index (χ0v) is 16.1. The molecular formula is C18H17Cl3N4O. The molecule has 1 aliphatic heterocycles. The van der Waals surface area contributed by atoms with E-state index in [1.807, 2.05) is 18.2 Å². The Labute approximate surface area is 166 Å². The Kier molecular flexibility index (Phi) is 5.08. The summed E-state index contributed by atoms with van der Waals surface area (Å²) in [4.78, 5) is 12.3. The van der Waals surface area contributed by atoms with Crippen molar-refractivity contribution in [3.63, 3.8) is 0 Å². The molecule has 26 heavy (non-hydrogen) atoms. The maximum atomic E-state index is 6.38. The molecule has 5 nitrogen and oxygen atoms in total. The third-order valence-corrected chi connectivity index (χ3v) is 5.17. The molecule has 0 radical (unpaired) electrons. The highest BCUT2D eigenvalue weighted by Gasteiger charge is 2.38. The van der Waals surface area contributed by atoms with Crippen LogP contribution in [0.2, 0.25) is 15.2 Å². The van der Waals surface area contributed by atoms with Crippen LogP contribution in [0.25, 0.3) is 11.2 Å². The minimum Gasteiger partial charge on any atom is -0.361 e. The van der Waals surface area contributed by atoms with Gasteiger partial charge in [-0.25, -0.2) is 9.97 Å². The molecule has 0 unspecified atom stereocenters. The van der Waals surface area contributed by atoms with Gasteiger partial charge in [0.1, 0.15) is 16.6 Å². The van der Waals surface area contributed by atoms with Crippen molar-refractivity contribution >= 4 is 46.0 Å². The molecule has 3 heterocycles. The zero-order valence-electron chi connectivity index (χ0n) is 13.9. The lowest BCUT2D eigenvalue weighted by molar-refractivity contribution is -0.0819. The van der Waals surface area contributed by atoms with Gasteiger partial charge in [-0.2, -0.15) is 0 Å². The molecule has 8 heteroatoms. The minimum atomic E-state index is -0.569. The van der Waals surface area contributed by atoms with Gasteiger partial charge in [0.05, 0.1) is 12.1 Å². The van der Waals surface area contributed by atoms with E-state index in [9.17, 15) is 0 Å². The van der Waals surface area contributed by atoms with Crippen molar-refractivity contribution < 1.29 is 4.74 Å². The molecule has 1 atom stereocenters. The maximum Gasteiger partial charge on any atom is 0.179 e. The quantitative estimate of drug-likeness (QED) is 0.610. The number of nitrogens with zero attached hydrogens (tertiary/aromatic N) is 2. The minimum absolute atomic E-state index is 0.382. The summed E-state index contributed by atoms with van der Waals surface area (Å²) in [7, 11) is 0. The Morgan fingerprint density at radius 2 is 1.88 bits per heavy atom. The molecule has 1 aromatic carbocycles. The predicted octanol–water partition coefficient (Wildman–Crippen LogP) is 4.71. The highest BCUT2D eigenvalue weighted by molar-refractivity contribution is 6.34. The number of halogens is 3. The number of nitrogens with one attached hydrogen (secondary N) is 2. The summed E-state index contributed by atoms with van der Waals surface area (Å²) < 4.78 is 6.38. The molecule has 0 saturated carbocycles. The zero-order chi connectivity index (χ0) is 18.1. The average Bonchev–Trinajstić information content (AvgIpc) is 3.04. The fourth-order valence-electron chi connectivity index (χ4n) is 3.27. The van der Waals surface area contributed by atoms with E-state index in [4.69, 9.17) is 39.5 Å². The van der Waals surface area contributed by atoms with Crippen molar-refractivity contribution in [1.82, 2.24) is 20.3 Å². The number of piperidine rings is 1. The summed E-state index contributed by atoms with van der Waals surface area (Å²) in [6.45, 7) is 2.00. The van der Waals surface area contributed by atoms with Gasteiger partial charge >= 0.3 is 0 Å². The van der Waals surface area contributed by atoms with Crippen LogP contribution in [0.1, 0.15) is 24.2 Å². The molecule has 2 aromatic heterocycles. The smallest absolute Gasteiger partial charge is 0.179 e. The molecule has 0 bridgehead atoms. The van der Waals surface area contributed by atoms with Crippen molar-refractivity contribution in [3.8, 4) is 0 Å². The van der Waals surface area contributed by atoms with Crippen LogP contribution in [0.5, 0.6) is 0 Å². The Morgan fingerprint density at radius 3 is 2.62 bits per heavy atom. The summed E-state index contributed by atoms with van der Waals surface area (Å²) in [5.74, 6) is 0.752. The van der Waals surface area contributed by atoms with Gasteiger partial charge in [-0.05, 0) is 55.3 Å².